The minimum atomic E-state index is -0.375. The third-order valence-corrected chi connectivity index (χ3v) is 7.45. The molecule has 1 unspecified atom stereocenters. The van der Waals surface area contributed by atoms with Crippen LogP contribution in [-0.4, -0.2) is 53.3 Å². The Labute approximate surface area is 210 Å². The summed E-state index contributed by atoms with van der Waals surface area (Å²) in [6, 6.07) is 23.5. The molecule has 6 heteroatoms. The quantitative estimate of drug-likeness (QED) is 0.417. The Morgan fingerprint density at radius 2 is 1.75 bits per heavy atom. The lowest BCUT2D eigenvalue weighted by molar-refractivity contribution is -0.133. The second-order valence-corrected chi connectivity index (χ2v) is 9.56. The molecule has 6 rings (SSSR count). The van der Waals surface area contributed by atoms with Gasteiger partial charge in [-0.3, -0.25) is 9.59 Å². The van der Waals surface area contributed by atoms with Gasteiger partial charge >= 0.3 is 0 Å². The van der Waals surface area contributed by atoms with E-state index in [1.807, 2.05) is 65.6 Å². The average molecular weight is 480 g/mol. The number of piperidine rings is 1. The van der Waals surface area contributed by atoms with Gasteiger partial charge in [-0.25, -0.2) is 0 Å². The van der Waals surface area contributed by atoms with Crippen LogP contribution >= 0.6 is 0 Å². The summed E-state index contributed by atoms with van der Waals surface area (Å²) in [7, 11) is 1.66. The Bertz CT molecular complexity index is 1450. The van der Waals surface area contributed by atoms with Gasteiger partial charge in [0.2, 0.25) is 5.91 Å². The van der Waals surface area contributed by atoms with Crippen molar-refractivity contribution in [3.05, 3.63) is 89.5 Å². The summed E-state index contributed by atoms with van der Waals surface area (Å²) in [5.41, 5.74) is 5.49. The highest BCUT2D eigenvalue weighted by molar-refractivity contribution is 6.03. The normalized spacial score (nSPS) is 17.5. The molecular weight excluding hydrogens is 450 g/mol. The number of carbonyl (C=O) groups is 2. The summed E-state index contributed by atoms with van der Waals surface area (Å²) in [5.74, 6) is 0.684. The van der Waals surface area contributed by atoms with Gasteiger partial charge in [0.1, 0.15) is 12.3 Å². The molecule has 3 aromatic carbocycles. The number of amides is 2. The van der Waals surface area contributed by atoms with Gasteiger partial charge < -0.3 is 19.5 Å². The zero-order valence-electron chi connectivity index (χ0n) is 20.4. The highest BCUT2D eigenvalue weighted by atomic mass is 16.5. The minimum Gasteiger partial charge on any atom is -0.497 e. The maximum atomic E-state index is 13.7. The molecule has 0 bridgehead atoms. The number of aromatic amines is 1. The smallest absolute Gasteiger partial charge is 0.255 e. The van der Waals surface area contributed by atoms with E-state index < -0.39 is 0 Å². The number of fused-ring (bicyclic) bond motifs is 2. The predicted molar refractivity (Wildman–Crippen MR) is 140 cm³/mol. The lowest BCUT2D eigenvalue weighted by Gasteiger charge is -2.31. The molecule has 1 fully saturated rings. The predicted octanol–water partition coefficient (Wildman–Crippen LogP) is 5.40. The molecule has 1 aromatic heterocycles. The SMILES string of the molecule is COc1cccc(-c2[nH]c3ccccc3c2C2c3ccccc3C(=O)N2CC(=O)N2CCCCC2)c1. The summed E-state index contributed by atoms with van der Waals surface area (Å²) in [5, 5.41) is 1.04. The van der Waals surface area contributed by atoms with Gasteiger partial charge in [-0.15, -0.1) is 0 Å². The van der Waals surface area contributed by atoms with Crippen LogP contribution in [0.4, 0.5) is 0 Å². The van der Waals surface area contributed by atoms with Crippen molar-refractivity contribution in [1.82, 2.24) is 14.8 Å². The number of nitrogens with zero attached hydrogens (tertiary/aromatic N) is 2. The fourth-order valence-electron chi connectivity index (χ4n) is 5.69. The number of likely N-dealkylation sites (tertiary alicyclic amines) is 1. The van der Waals surface area contributed by atoms with Crippen LogP contribution in [0.15, 0.2) is 72.8 Å². The molecule has 0 aliphatic carbocycles. The van der Waals surface area contributed by atoms with Crippen molar-refractivity contribution in [2.24, 2.45) is 0 Å². The largest absolute Gasteiger partial charge is 0.497 e. The molecule has 2 aliphatic rings. The van der Waals surface area contributed by atoms with Crippen molar-refractivity contribution in [2.45, 2.75) is 25.3 Å². The topological polar surface area (TPSA) is 65.6 Å². The molecule has 0 saturated carbocycles. The van der Waals surface area contributed by atoms with Crippen molar-refractivity contribution in [2.75, 3.05) is 26.7 Å². The van der Waals surface area contributed by atoms with E-state index in [4.69, 9.17) is 4.74 Å². The summed E-state index contributed by atoms with van der Waals surface area (Å²) >= 11 is 0. The van der Waals surface area contributed by atoms with E-state index in [-0.39, 0.29) is 24.4 Å². The molecule has 1 N–H and O–H groups in total. The lowest BCUT2D eigenvalue weighted by atomic mass is 9.93. The molecule has 4 aromatic rings. The van der Waals surface area contributed by atoms with Crippen LogP contribution in [-0.2, 0) is 4.79 Å². The summed E-state index contributed by atoms with van der Waals surface area (Å²) in [6.07, 6.45) is 3.19. The Morgan fingerprint density at radius 1 is 0.972 bits per heavy atom. The van der Waals surface area contributed by atoms with Crippen LogP contribution < -0.4 is 4.74 Å². The number of benzene rings is 3. The first-order valence-electron chi connectivity index (χ1n) is 12.6. The Morgan fingerprint density at radius 3 is 2.58 bits per heavy atom. The Balaban J connectivity index is 1.52. The van der Waals surface area contributed by atoms with E-state index in [1.165, 1.54) is 0 Å². The first kappa shape index (κ1) is 22.4. The number of hydrogen-bond donors (Lipinski definition) is 1. The maximum Gasteiger partial charge on any atom is 0.255 e. The number of methoxy groups -OCH3 is 1. The second kappa shape index (κ2) is 9.19. The molecule has 1 atom stereocenters. The number of para-hydroxylation sites is 1. The summed E-state index contributed by atoms with van der Waals surface area (Å²) in [6.45, 7) is 1.59. The monoisotopic (exact) mass is 479 g/mol. The van der Waals surface area contributed by atoms with Crippen molar-refractivity contribution in [3.63, 3.8) is 0 Å². The number of rotatable bonds is 5. The van der Waals surface area contributed by atoms with Gasteiger partial charge in [0.25, 0.3) is 5.91 Å². The van der Waals surface area contributed by atoms with E-state index >= 15 is 0 Å². The molecule has 6 nitrogen and oxygen atoms in total. The van der Waals surface area contributed by atoms with Gasteiger partial charge in [-0.2, -0.15) is 0 Å². The molecule has 1 saturated heterocycles. The van der Waals surface area contributed by atoms with Crippen molar-refractivity contribution in [1.29, 1.82) is 0 Å². The first-order chi connectivity index (χ1) is 17.7. The highest BCUT2D eigenvalue weighted by Crippen LogP contribution is 2.45. The lowest BCUT2D eigenvalue weighted by Crippen LogP contribution is -2.44. The van der Waals surface area contributed by atoms with E-state index in [1.54, 1.807) is 12.0 Å². The number of ether oxygens (including phenoxy) is 1. The Hall–Kier alpha value is -4.06. The molecule has 2 amide bonds. The van der Waals surface area contributed by atoms with Gasteiger partial charge in [-0.05, 0) is 49.1 Å². The van der Waals surface area contributed by atoms with Crippen LogP contribution in [0.5, 0.6) is 5.75 Å². The number of aromatic nitrogens is 1. The van der Waals surface area contributed by atoms with Crippen LogP contribution in [0.2, 0.25) is 0 Å². The fraction of sp³-hybridized carbons (Fsp3) is 0.267. The summed E-state index contributed by atoms with van der Waals surface area (Å²) < 4.78 is 5.50. The van der Waals surface area contributed by atoms with E-state index in [9.17, 15) is 9.59 Å². The van der Waals surface area contributed by atoms with E-state index in [0.29, 0.717) is 5.56 Å². The number of nitrogens with one attached hydrogen (secondary N) is 1. The zero-order valence-corrected chi connectivity index (χ0v) is 20.4. The zero-order chi connectivity index (χ0) is 24.6. The number of carbonyl (C=O) groups excluding carboxylic acids is 2. The van der Waals surface area contributed by atoms with Gasteiger partial charge in [0.15, 0.2) is 0 Å². The van der Waals surface area contributed by atoms with Crippen molar-refractivity contribution < 1.29 is 14.3 Å². The number of hydrogen-bond acceptors (Lipinski definition) is 3. The van der Waals surface area contributed by atoms with Crippen molar-refractivity contribution in [3.8, 4) is 17.0 Å². The van der Waals surface area contributed by atoms with Gasteiger partial charge in [0.05, 0.1) is 18.8 Å². The average Bonchev–Trinajstić information content (AvgIpc) is 3.44. The first-order valence-corrected chi connectivity index (χ1v) is 12.6. The number of H-pyrrole nitrogens is 1. The third-order valence-electron chi connectivity index (χ3n) is 7.45. The van der Waals surface area contributed by atoms with Crippen molar-refractivity contribution >= 4 is 22.7 Å². The summed E-state index contributed by atoms with van der Waals surface area (Å²) in [4.78, 5) is 34.4. The van der Waals surface area contributed by atoms with Gasteiger partial charge in [-0.1, -0.05) is 48.5 Å². The highest BCUT2D eigenvalue weighted by Gasteiger charge is 2.41. The molecule has 0 spiro atoms. The van der Waals surface area contributed by atoms with Crippen LogP contribution in [0.1, 0.15) is 46.8 Å². The minimum absolute atomic E-state index is 0.0172. The molecule has 3 heterocycles. The second-order valence-electron chi connectivity index (χ2n) is 9.56. The molecule has 36 heavy (non-hydrogen) atoms. The standard InChI is InChI=1S/C30H29N3O3/c1-36-21-11-9-10-20(18-21)28-27(24-14-5-6-15-25(24)31-28)29-22-12-3-4-13-23(22)30(35)33(29)19-26(34)32-16-7-2-8-17-32/h3-6,9-15,18,29,31H,2,7-8,16-17,19H2,1H3. The van der Waals surface area contributed by atoms with E-state index in [2.05, 4.69) is 17.1 Å². The molecule has 182 valence electrons. The third kappa shape index (κ3) is 3.73. The molecule has 2 aliphatic heterocycles. The van der Waals surface area contributed by atoms with E-state index in [0.717, 1.165) is 71.4 Å². The van der Waals surface area contributed by atoms with Crippen LogP contribution in [0, 0.1) is 0 Å². The van der Waals surface area contributed by atoms with Crippen LogP contribution in [0.3, 0.4) is 0 Å². The molecule has 0 radical (unpaired) electrons. The molecular formula is C30H29N3O3. The fourth-order valence-corrected chi connectivity index (χ4v) is 5.69. The van der Waals surface area contributed by atoms with Gasteiger partial charge in [0, 0.05) is 40.7 Å². The van der Waals surface area contributed by atoms with Crippen LogP contribution in [0.25, 0.3) is 22.2 Å². The maximum absolute atomic E-state index is 13.7. The Kier molecular flexibility index (Phi) is 5.72.